The minimum Gasteiger partial charge on any atom is -0.476 e. The largest absolute Gasteiger partial charge is 0.476 e. The number of nitrogens with zero attached hydrogens (tertiary/aromatic N) is 2. The van der Waals surface area contributed by atoms with E-state index in [0.29, 0.717) is 5.75 Å². The second kappa shape index (κ2) is 4.83. The summed E-state index contributed by atoms with van der Waals surface area (Å²) < 4.78 is 5.48. The Morgan fingerprint density at radius 2 is 1.72 bits per heavy atom. The zero-order valence-corrected chi connectivity index (χ0v) is 10.0. The third kappa shape index (κ3) is 2.63. The van der Waals surface area contributed by atoms with Crippen molar-refractivity contribution in [2.24, 2.45) is 0 Å². The van der Waals surface area contributed by atoms with E-state index in [2.05, 4.69) is 9.97 Å². The van der Waals surface area contributed by atoms with Gasteiger partial charge in [0.05, 0.1) is 0 Å². The highest BCUT2D eigenvalue weighted by molar-refractivity contribution is 5.87. The Kier molecular flexibility index (Phi) is 3.23. The average molecular weight is 244 g/mol. The van der Waals surface area contributed by atoms with Crippen molar-refractivity contribution < 1.29 is 14.6 Å². The van der Waals surface area contributed by atoms with E-state index in [0.717, 1.165) is 11.1 Å². The highest BCUT2D eigenvalue weighted by Gasteiger charge is 2.14. The third-order valence-electron chi connectivity index (χ3n) is 2.28. The minimum atomic E-state index is -1.16. The summed E-state index contributed by atoms with van der Waals surface area (Å²) in [6.45, 7) is 3.88. The molecule has 0 saturated heterocycles. The van der Waals surface area contributed by atoms with Crippen LogP contribution in [0.4, 0.5) is 0 Å². The molecule has 0 aliphatic carbocycles. The van der Waals surface area contributed by atoms with Crippen LogP contribution < -0.4 is 4.74 Å². The molecular weight excluding hydrogens is 232 g/mol. The number of aryl methyl sites for hydroxylation is 2. The molecule has 1 N–H and O–H groups in total. The van der Waals surface area contributed by atoms with Crippen molar-refractivity contribution in [1.82, 2.24) is 9.97 Å². The summed E-state index contributed by atoms with van der Waals surface area (Å²) in [6, 6.07) is 5.63. The van der Waals surface area contributed by atoms with Crippen molar-refractivity contribution in [1.29, 1.82) is 0 Å². The Bertz CT molecular complexity index is 576. The van der Waals surface area contributed by atoms with Crippen LogP contribution >= 0.6 is 0 Å². The van der Waals surface area contributed by atoms with Gasteiger partial charge in [0.1, 0.15) is 5.75 Å². The molecule has 0 fully saturated rings. The first-order chi connectivity index (χ1) is 8.56. The summed E-state index contributed by atoms with van der Waals surface area (Å²) in [4.78, 5) is 18.6. The first-order valence-corrected chi connectivity index (χ1v) is 5.36. The first kappa shape index (κ1) is 12.0. The molecule has 0 spiro atoms. The second-order valence-corrected chi connectivity index (χ2v) is 3.94. The maximum absolute atomic E-state index is 11.0. The van der Waals surface area contributed by atoms with Gasteiger partial charge in [0, 0.05) is 12.4 Å². The Morgan fingerprint density at radius 3 is 2.33 bits per heavy atom. The maximum atomic E-state index is 11.0. The van der Waals surface area contributed by atoms with Crippen LogP contribution in [0.1, 0.15) is 21.6 Å². The van der Waals surface area contributed by atoms with E-state index in [1.165, 1.54) is 12.4 Å². The van der Waals surface area contributed by atoms with Gasteiger partial charge in [-0.3, -0.25) is 0 Å². The summed E-state index contributed by atoms with van der Waals surface area (Å²) in [5, 5.41) is 8.97. The van der Waals surface area contributed by atoms with Gasteiger partial charge in [0.2, 0.25) is 5.69 Å². The Morgan fingerprint density at radius 1 is 1.11 bits per heavy atom. The molecule has 18 heavy (non-hydrogen) atoms. The number of hydrogen-bond donors (Lipinski definition) is 1. The zero-order valence-electron chi connectivity index (χ0n) is 10.0. The summed E-state index contributed by atoms with van der Waals surface area (Å²) in [5.41, 5.74) is 1.87. The number of carboxylic acid groups (broad SMARTS) is 1. The van der Waals surface area contributed by atoms with E-state index >= 15 is 0 Å². The van der Waals surface area contributed by atoms with Crippen molar-refractivity contribution in [3.63, 3.8) is 0 Å². The van der Waals surface area contributed by atoms with Gasteiger partial charge < -0.3 is 9.84 Å². The fraction of sp³-hybridized carbons (Fsp3) is 0.154. The number of hydrogen-bond acceptors (Lipinski definition) is 4. The molecule has 5 heteroatoms. The predicted molar refractivity (Wildman–Crippen MR) is 65.0 cm³/mol. The number of rotatable bonds is 3. The van der Waals surface area contributed by atoms with Crippen LogP contribution in [-0.4, -0.2) is 21.0 Å². The monoisotopic (exact) mass is 244 g/mol. The van der Waals surface area contributed by atoms with Crippen molar-refractivity contribution >= 4 is 5.97 Å². The van der Waals surface area contributed by atoms with Gasteiger partial charge in [0.15, 0.2) is 0 Å². The van der Waals surface area contributed by atoms with Gasteiger partial charge in [-0.05, 0) is 37.1 Å². The smallest absolute Gasteiger partial charge is 0.360 e. The van der Waals surface area contributed by atoms with Gasteiger partial charge in [-0.25, -0.2) is 14.8 Å². The van der Waals surface area contributed by atoms with Crippen molar-refractivity contribution in [3.8, 4) is 11.6 Å². The van der Waals surface area contributed by atoms with E-state index in [1.54, 1.807) is 0 Å². The number of carbonyl (C=O) groups is 1. The van der Waals surface area contributed by atoms with Crippen LogP contribution in [0.15, 0.2) is 30.6 Å². The average Bonchev–Trinajstić information content (AvgIpc) is 2.27. The summed E-state index contributed by atoms with van der Waals surface area (Å²) in [7, 11) is 0. The van der Waals surface area contributed by atoms with Crippen LogP contribution in [0, 0.1) is 13.8 Å². The van der Waals surface area contributed by atoms with Gasteiger partial charge >= 0.3 is 5.97 Å². The molecular formula is C13H12N2O3. The molecule has 0 radical (unpaired) electrons. The Balaban J connectivity index is 2.37. The number of ether oxygens (including phenoxy) is 1. The Labute approximate surface area is 104 Å². The molecule has 0 unspecified atom stereocenters. The summed E-state index contributed by atoms with van der Waals surface area (Å²) in [6.07, 6.45) is 2.71. The van der Waals surface area contributed by atoms with E-state index in [1.807, 2.05) is 32.0 Å². The fourth-order valence-corrected chi connectivity index (χ4v) is 1.65. The molecule has 0 amide bonds. The number of benzene rings is 1. The second-order valence-electron chi connectivity index (χ2n) is 3.94. The lowest BCUT2D eigenvalue weighted by molar-refractivity contribution is 0.0686. The number of aromatic carboxylic acids is 1. The maximum Gasteiger partial charge on any atom is 0.360 e. The van der Waals surface area contributed by atoms with Gasteiger partial charge in [0.25, 0.3) is 5.88 Å². The normalized spacial score (nSPS) is 10.1. The molecule has 0 aliphatic heterocycles. The van der Waals surface area contributed by atoms with E-state index in [4.69, 9.17) is 9.84 Å². The van der Waals surface area contributed by atoms with Crippen LogP contribution in [0.3, 0.4) is 0 Å². The molecule has 0 aliphatic rings. The lowest BCUT2D eigenvalue weighted by Crippen LogP contribution is -2.04. The van der Waals surface area contributed by atoms with Crippen LogP contribution in [-0.2, 0) is 0 Å². The molecule has 1 heterocycles. The van der Waals surface area contributed by atoms with Crippen LogP contribution in [0.2, 0.25) is 0 Å². The standard InChI is InChI=1S/C13H12N2O3/c1-8-5-9(2)7-10(6-8)18-12-11(13(16)17)14-3-4-15-12/h3-7H,1-2H3,(H,16,17). The summed E-state index contributed by atoms with van der Waals surface area (Å²) >= 11 is 0. The lowest BCUT2D eigenvalue weighted by Gasteiger charge is -2.08. The van der Waals surface area contributed by atoms with Crippen LogP contribution in [0.5, 0.6) is 11.6 Å². The van der Waals surface area contributed by atoms with Gasteiger partial charge in [-0.2, -0.15) is 0 Å². The minimum absolute atomic E-state index is 0.00463. The van der Waals surface area contributed by atoms with Crippen molar-refractivity contribution in [2.75, 3.05) is 0 Å². The summed E-state index contributed by atoms with van der Waals surface area (Å²) in [5.74, 6) is -0.618. The first-order valence-electron chi connectivity index (χ1n) is 5.36. The van der Waals surface area contributed by atoms with Gasteiger partial charge in [-0.15, -0.1) is 0 Å². The van der Waals surface area contributed by atoms with Crippen molar-refractivity contribution in [3.05, 3.63) is 47.4 Å². The Hall–Kier alpha value is -2.43. The fourth-order valence-electron chi connectivity index (χ4n) is 1.65. The highest BCUT2D eigenvalue weighted by atomic mass is 16.5. The number of aromatic nitrogens is 2. The third-order valence-corrected chi connectivity index (χ3v) is 2.28. The lowest BCUT2D eigenvalue weighted by atomic mass is 10.1. The van der Waals surface area contributed by atoms with E-state index < -0.39 is 5.97 Å². The quantitative estimate of drug-likeness (QED) is 0.898. The van der Waals surface area contributed by atoms with E-state index in [9.17, 15) is 4.79 Å². The SMILES string of the molecule is Cc1cc(C)cc(Oc2nccnc2C(=O)O)c1. The topological polar surface area (TPSA) is 72.3 Å². The molecule has 0 atom stereocenters. The molecule has 2 rings (SSSR count). The number of carboxylic acids is 1. The molecule has 2 aromatic rings. The van der Waals surface area contributed by atoms with E-state index in [-0.39, 0.29) is 11.6 Å². The molecule has 0 saturated carbocycles. The highest BCUT2D eigenvalue weighted by Crippen LogP contribution is 2.23. The molecule has 1 aromatic carbocycles. The molecule has 92 valence electrons. The van der Waals surface area contributed by atoms with Gasteiger partial charge in [-0.1, -0.05) is 6.07 Å². The van der Waals surface area contributed by atoms with Crippen molar-refractivity contribution in [2.45, 2.75) is 13.8 Å². The zero-order chi connectivity index (χ0) is 13.1. The molecule has 1 aromatic heterocycles. The van der Waals surface area contributed by atoms with Crippen LogP contribution in [0.25, 0.3) is 0 Å². The molecule has 5 nitrogen and oxygen atoms in total. The molecule has 0 bridgehead atoms. The predicted octanol–water partition coefficient (Wildman–Crippen LogP) is 2.58.